The number of halogens is 1. The van der Waals surface area contributed by atoms with Crippen LogP contribution in [0.5, 0.6) is 0 Å². The van der Waals surface area contributed by atoms with Gasteiger partial charge in [-0.2, -0.15) is 4.39 Å². The third-order valence-electron chi connectivity index (χ3n) is 1.60. The highest BCUT2D eigenvalue weighted by Crippen LogP contribution is 2.09. The summed E-state index contributed by atoms with van der Waals surface area (Å²) in [5, 5.41) is 0.402. The quantitative estimate of drug-likeness (QED) is 0.595. The molecule has 0 bridgehead atoms. The molecule has 0 unspecified atom stereocenters. The topological polar surface area (TPSA) is 30.2 Å². The second kappa shape index (κ2) is 2.44. The zero-order valence-electron chi connectivity index (χ0n) is 6.08. The van der Waals surface area contributed by atoms with Crippen LogP contribution in [-0.2, 0) is 0 Å². The standard InChI is InChI=1S/C9H5FO2/c10-9-5-7(11)6-3-1-2-4-8(6)12-9/h1-5H. The summed E-state index contributed by atoms with van der Waals surface area (Å²) >= 11 is 0. The number of fused-ring (bicyclic) bond motifs is 1. The maximum absolute atomic E-state index is 12.5. The summed E-state index contributed by atoms with van der Waals surface area (Å²) in [5.41, 5.74) is -0.0724. The van der Waals surface area contributed by atoms with Crippen molar-refractivity contribution < 1.29 is 8.81 Å². The van der Waals surface area contributed by atoms with E-state index in [1.54, 1.807) is 24.3 Å². The van der Waals surface area contributed by atoms with Gasteiger partial charge in [-0.15, -0.1) is 0 Å². The molecule has 12 heavy (non-hydrogen) atoms. The Morgan fingerprint density at radius 3 is 2.83 bits per heavy atom. The molecular formula is C9H5FO2. The molecule has 0 N–H and O–H groups in total. The molecule has 0 saturated heterocycles. The Morgan fingerprint density at radius 2 is 2.00 bits per heavy atom. The lowest BCUT2D eigenvalue weighted by Crippen LogP contribution is -1.99. The van der Waals surface area contributed by atoms with E-state index in [1.807, 2.05) is 0 Å². The van der Waals surface area contributed by atoms with Crippen LogP contribution in [0, 0.1) is 6.01 Å². The first-order chi connectivity index (χ1) is 5.77. The minimum atomic E-state index is -0.848. The Labute approximate surface area is 67.2 Å². The second-order valence-electron chi connectivity index (χ2n) is 2.41. The highest BCUT2D eigenvalue weighted by molar-refractivity contribution is 5.75. The fourth-order valence-electron chi connectivity index (χ4n) is 1.07. The van der Waals surface area contributed by atoms with E-state index in [9.17, 15) is 9.18 Å². The Morgan fingerprint density at radius 1 is 1.25 bits per heavy atom. The molecule has 0 spiro atoms. The number of benzene rings is 1. The molecule has 1 heterocycles. The first-order valence-corrected chi connectivity index (χ1v) is 3.46. The van der Waals surface area contributed by atoms with Crippen molar-refractivity contribution in [1.82, 2.24) is 0 Å². The predicted molar refractivity (Wildman–Crippen MR) is 42.4 cm³/mol. The SMILES string of the molecule is O=c1cc(F)oc2ccccc12. The lowest BCUT2D eigenvalue weighted by atomic mass is 10.2. The molecule has 0 saturated carbocycles. The van der Waals surface area contributed by atoms with Crippen LogP contribution in [0.4, 0.5) is 4.39 Å². The third-order valence-corrected chi connectivity index (χ3v) is 1.60. The third kappa shape index (κ3) is 0.993. The molecule has 2 nitrogen and oxygen atoms in total. The predicted octanol–water partition coefficient (Wildman–Crippen LogP) is 1.93. The van der Waals surface area contributed by atoms with Gasteiger partial charge in [0, 0.05) is 0 Å². The van der Waals surface area contributed by atoms with E-state index in [0.29, 0.717) is 5.39 Å². The lowest BCUT2D eigenvalue weighted by Gasteiger charge is -1.93. The molecule has 1 aromatic heterocycles. The van der Waals surface area contributed by atoms with Gasteiger partial charge in [0.25, 0.3) is 6.01 Å². The van der Waals surface area contributed by atoms with Crippen LogP contribution < -0.4 is 5.43 Å². The van der Waals surface area contributed by atoms with Crippen molar-refractivity contribution in [3.63, 3.8) is 0 Å². The van der Waals surface area contributed by atoms with Crippen LogP contribution >= 0.6 is 0 Å². The molecule has 0 atom stereocenters. The monoisotopic (exact) mass is 164 g/mol. The average molecular weight is 164 g/mol. The molecule has 2 aromatic rings. The molecule has 0 amide bonds. The van der Waals surface area contributed by atoms with E-state index >= 15 is 0 Å². The van der Waals surface area contributed by atoms with Gasteiger partial charge in [-0.1, -0.05) is 12.1 Å². The van der Waals surface area contributed by atoms with Crippen LogP contribution in [0.3, 0.4) is 0 Å². The van der Waals surface area contributed by atoms with Crippen molar-refractivity contribution >= 4 is 11.0 Å². The summed E-state index contributed by atoms with van der Waals surface area (Å²) in [6, 6.07) is 6.53. The smallest absolute Gasteiger partial charge is 0.282 e. The van der Waals surface area contributed by atoms with Gasteiger partial charge >= 0.3 is 0 Å². The van der Waals surface area contributed by atoms with Gasteiger partial charge in [-0.05, 0) is 12.1 Å². The first-order valence-electron chi connectivity index (χ1n) is 3.46. The molecule has 1 aromatic carbocycles. The Balaban J connectivity index is 2.99. The normalized spacial score (nSPS) is 10.4. The summed E-state index contributed by atoms with van der Waals surface area (Å²) in [6.45, 7) is 0. The summed E-state index contributed by atoms with van der Waals surface area (Å²) in [5.74, 6) is 0. The van der Waals surface area contributed by atoms with Crippen molar-refractivity contribution in [1.29, 1.82) is 0 Å². The van der Waals surface area contributed by atoms with E-state index in [-0.39, 0.29) is 11.0 Å². The summed E-state index contributed by atoms with van der Waals surface area (Å²) in [7, 11) is 0. The van der Waals surface area contributed by atoms with E-state index in [1.165, 1.54) is 0 Å². The van der Waals surface area contributed by atoms with Gasteiger partial charge in [0.05, 0.1) is 11.5 Å². The summed E-state index contributed by atoms with van der Waals surface area (Å²) in [6.07, 6.45) is 0. The minimum absolute atomic E-state index is 0.280. The van der Waals surface area contributed by atoms with Gasteiger partial charge in [0.2, 0.25) is 0 Å². The van der Waals surface area contributed by atoms with Gasteiger partial charge < -0.3 is 4.42 Å². The van der Waals surface area contributed by atoms with Crippen molar-refractivity contribution in [2.24, 2.45) is 0 Å². The fraction of sp³-hybridized carbons (Fsp3) is 0. The zero-order valence-corrected chi connectivity index (χ0v) is 6.08. The highest BCUT2D eigenvalue weighted by atomic mass is 19.1. The van der Waals surface area contributed by atoms with Gasteiger partial charge in [-0.25, -0.2) is 0 Å². The van der Waals surface area contributed by atoms with Gasteiger partial charge in [0.15, 0.2) is 5.43 Å². The number of rotatable bonds is 0. The van der Waals surface area contributed by atoms with E-state index in [2.05, 4.69) is 4.42 Å². The first kappa shape index (κ1) is 7.03. The van der Waals surface area contributed by atoms with Crippen LogP contribution in [0.2, 0.25) is 0 Å². The van der Waals surface area contributed by atoms with Crippen LogP contribution in [0.15, 0.2) is 39.5 Å². The Bertz CT molecular complexity index is 473. The number of para-hydroxylation sites is 1. The van der Waals surface area contributed by atoms with Crippen molar-refractivity contribution in [3.8, 4) is 0 Å². The lowest BCUT2D eigenvalue weighted by molar-refractivity contribution is 0.370. The summed E-state index contributed by atoms with van der Waals surface area (Å²) in [4.78, 5) is 11.1. The minimum Gasteiger partial charge on any atom is -0.431 e. The van der Waals surface area contributed by atoms with Crippen LogP contribution in [0.25, 0.3) is 11.0 Å². The molecule has 0 aliphatic carbocycles. The maximum atomic E-state index is 12.5. The average Bonchev–Trinajstić information content (AvgIpc) is 2.04. The molecule has 0 fully saturated rings. The highest BCUT2D eigenvalue weighted by Gasteiger charge is 2.01. The molecular weight excluding hydrogens is 159 g/mol. The molecule has 2 rings (SSSR count). The Kier molecular flexibility index (Phi) is 1.43. The molecule has 0 radical (unpaired) electrons. The molecule has 0 aliphatic rings. The van der Waals surface area contributed by atoms with E-state index < -0.39 is 6.01 Å². The summed E-state index contributed by atoms with van der Waals surface area (Å²) < 4.78 is 17.2. The molecule has 0 aliphatic heterocycles. The largest absolute Gasteiger partial charge is 0.431 e. The van der Waals surface area contributed by atoms with E-state index in [4.69, 9.17) is 0 Å². The number of hydrogen-bond acceptors (Lipinski definition) is 2. The van der Waals surface area contributed by atoms with Crippen molar-refractivity contribution in [2.45, 2.75) is 0 Å². The molecule has 3 heteroatoms. The van der Waals surface area contributed by atoms with Crippen LogP contribution in [-0.4, -0.2) is 0 Å². The second-order valence-corrected chi connectivity index (χ2v) is 2.41. The Hall–Kier alpha value is -1.64. The van der Waals surface area contributed by atoms with E-state index in [0.717, 1.165) is 6.07 Å². The fourth-order valence-corrected chi connectivity index (χ4v) is 1.07. The maximum Gasteiger partial charge on any atom is 0.282 e. The van der Waals surface area contributed by atoms with Gasteiger partial charge in [-0.3, -0.25) is 4.79 Å². The molecule has 60 valence electrons. The van der Waals surface area contributed by atoms with Crippen molar-refractivity contribution in [2.75, 3.05) is 0 Å². The van der Waals surface area contributed by atoms with Gasteiger partial charge in [0.1, 0.15) is 5.58 Å². The zero-order chi connectivity index (χ0) is 8.55. The number of hydrogen-bond donors (Lipinski definition) is 0. The van der Waals surface area contributed by atoms with Crippen LogP contribution in [0.1, 0.15) is 0 Å². The van der Waals surface area contributed by atoms with Crippen molar-refractivity contribution in [3.05, 3.63) is 46.6 Å².